The first-order valence-corrected chi connectivity index (χ1v) is 13.6. The van der Waals surface area contributed by atoms with Gasteiger partial charge in [0, 0.05) is 59.9 Å². The van der Waals surface area contributed by atoms with Crippen LogP contribution in [0, 0.1) is 10.1 Å². The molecule has 6 rings (SSSR count). The summed E-state index contributed by atoms with van der Waals surface area (Å²) in [5.74, 6) is -0.116. The number of anilines is 1. The Morgan fingerprint density at radius 1 is 0.976 bits per heavy atom. The van der Waals surface area contributed by atoms with E-state index in [0.29, 0.717) is 11.7 Å². The lowest BCUT2D eigenvalue weighted by atomic mass is 10.0. The van der Waals surface area contributed by atoms with Crippen molar-refractivity contribution in [3.05, 3.63) is 131 Å². The number of nitrogens with one attached hydrogen (secondary N) is 2. The normalized spacial score (nSPS) is 16.5. The summed E-state index contributed by atoms with van der Waals surface area (Å²) in [5, 5.41) is 20.2. The van der Waals surface area contributed by atoms with E-state index in [0.717, 1.165) is 33.5 Å². The predicted molar refractivity (Wildman–Crippen MR) is 162 cm³/mol. The van der Waals surface area contributed by atoms with E-state index in [9.17, 15) is 14.9 Å². The molecule has 0 spiro atoms. The molecule has 3 heterocycles. The molecular weight excluding hydrogens is 536 g/mol. The highest BCUT2D eigenvalue weighted by molar-refractivity contribution is 7.80. The predicted octanol–water partition coefficient (Wildman–Crippen LogP) is 5.94. The summed E-state index contributed by atoms with van der Waals surface area (Å²) >= 11 is 5.79. The van der Waals surface area contributed by atoms with Crippen LogP contribution in [0.4, 0.5) is 11.4 Å². The van der Waals surface area contributed by atoms with Gasteiger partial charge in [0.2, 0.25) is 5.91 Å². The Morgan fingerprint density at radius 2 is 1.76 bits per heavy atom. The van der Waals surface area contributed by atoms with E-state index < -0.39 is 4.92 Å². The van der Waals surface area contributed by atoms with Gasteiger partial charge in [-0.15, -0.1) is 0 Å². The first kappa shape index (κ1) is 26.1. The summed E-state index contributed by atoms with van der Waals surface area (Å²) in [6.45, 7) is 0.377. The van der Waals surface area contributed by atoms with E-state index in [4.69, 9.17) is 12.2 Å². The van der Waals surface area contributed by atoms with Gasteiger partial charge in [-0.3, -0.25) is 19.9 Å². The van der Waals surface area contributed by atoms with Crippen molar-refractivity contribution in [3.63, 3.8) is 0 Å². The summed E-state index contributed by atoms with van der Waals surface area (Å²) in [4.78, 5) is 30.6. The van der Waals surface area contributed by atoms with Gasteiger partial charge in [-0.1, -0.05) is 42.5 Å². The summed E-state index contributed by atoms with van der Waals surface area (Å²) in [5.41, 5.74) is 3.30. The fourth-order valence-corrected chi connectivity index (χ4v) is 5.67. The third-order valence-electron chi connectivity index (χ3n) is 7.26. The number of carbonyl (C=O) groups is 1. The van der Waals surface area contributed by atoms with Gasteiger partial charge in [0.25, 0.3) is 5.69 Å². The van der Waals surface area contributed by atoms with Crippen LogP contribution in [0.5, 0.6) is 0 Å². The number of carbonyl (C=O) groups excluding carboxylic acids is 1. The minimum atomic E-state index is -0.415. The second kappa shape index (κ2) is 11.2. The zero-order chi connectivity index (χ0) is 28.3. The largest absolute Gasteiger partial charge is 0.352 e. The minimum Gasteiger partial charge on any atom is -0.352 e. The number of pyridine rings is 1. The molecule has 1 amide bonds. The first-order valence-electron chi connectivity index (χ1n) is 13.2. The maximum absolute atomic E-state index is 13.2. The van der Waals surface area contributed by atoms with E-state index in [2.05, 4.69) is 15.6 Å². The van der Waals surface area contributed by atoms with Crippen molar-refractivity contribution in [3.8, 4) is 5.69 Å². The van der Waals surface area contributed by atoms with Crippen LogP contribution in [-0.4, -0.2) is 36.9 Å². The molecule has 1 aliphatic rings. The maximum atomic E-state index is 13.2. The number of amides is 1. The van der Waals surface area contributed by atoms with Crippen LogP contribution >= 0.6 is 12.2 Å². The molecule has 5 aromatic rings. The zero-order valence-corrected chi connectivity index (χ0v) is 22.7. The molecule has 0 aliphatic carbocycles. The van der Waals surface area contributed by atoms with Gasteiger partial charge in [-0.2, -0.15) is 0 Å². The number of benzene rings is 3. The van der Waals surface area contributed by atoms with Crippen molar-refractivity contribution >= 4 is 45.4 Å². The lowest BCUT2D eigenvalue weighted by Gasteiger charge is -2.29. The number of thiocarbonyl (C=S) groups is 1. The molecule has 9 nitrogen and oxygen atoms in total. The van der Waals surface area contributed by atoms with Crippen LogP contribution in [0.1, 0.15) is 29.9 Å². The monoisotopic (exact) mass is 562 g/mol. The Labute approximate surface area is 241 Å². The number of nitrogens with zero attached hydrogens (tertiary/aromatic N) is 4. The third-order valence-corrected chi connectivity index (χ3v) is 7.62. The van der Waals surface area contributed by atoms with Crippen molar-refractivity contribution < 1.29 is 9.72 Å². The Hall–Kier alpha value is -5.09. The first-order chi connectivity index (χ1) is 20.0. The highest BCUT2D eigenvalue weighted by Gasteiger charge is 2.41. The molecule has 2 aromatic heterocycles. The lowest BCUT2D eigenvalue weighted by Crippen LogP contribution is -2.33. The van der Waals surface area contributed by atoms with Gasteiger partial charge in [0.1, 0.15) is 0 Å². The molecule has 1 saturated heterocycles. The Balaban J connectivity index is 1.29. The third kappa shape index (κ3) is 5.24. The fraction of sp³-hybridized carbons (Fsp3) is 0.129. The number of hydrogen-bond donors (Lipinski definition) is 2. The SMILES string of the molecule is O=C(CCN1C(=S)N[C@@H](c2ccccn2)[C@H]1c1cccn1-c1ccc([N+](=O)[O-])cc1)Nc1cccc2ccccc12. The Bertz CT molecular complexity index is 1730. The van der Waals surface area contributed by atoms with Crippen molar-refractivity contribution in [2.75, 3.05) is 11.9 Å². The molecular formula is C31H26N6O3S. The van der Waals surface area contributed by atoms with E-state index in [-0.39, 0.29) is 30.1 Å². The van der Waals surface area contributed by atoms with E-state index in [1.54, 1.807) is 18.3 Å². The van der Waals surface area contributed by atoms with Gasteiger partial charge in [0.05, 0.1) is 22.7 Å². The smallest absolute Gasteiger partial charge is 0.269 e. The van der Waals surface area contributed by atoms with Crippen LogP contribution < -0.4 is 10.6 Å². The van der Waals surface area contributed by atoms with Gasteiger partial charge in [0.15, 0.2) is 5.11 Å². The number of nitro benzene ring substituents is 1. The summed E-state index contributed by atoms with van der Waals surface area (Å²) in [6.07, 6.45) is 3.88. The number of hydrogen-bond acceptors (Lipinski definition) is 5. The maximum Gasteiger partial charge on any atom is 0.269 e. The molecule has 204 valence electrons. The molecule has 0 radical (unpaired) electrons. The van der Waals surface area contributed by atoms with Crippen molar-refractivity contribution in [1.82, 2.24) is 19.8 Å². The molecule has 0 unspecified atom stereocenters. The van der Waals surface area contributed by atoms with E-state index in [1.807, 2.05) is 88.5 Å². The van der Waals surface area contributed by atoms with Crippen molar-refractivity contribution in [2.24, 2.45) is 0 Å². The number of fused-ring (bicyclic) bond motifs is 1. The fourth-order valence-electron chi connectivity index (χ4n) is 5.34. The van der Waals surface area contributed by atoms with E-state index >= 15 is 0 Å². The molecule has 41 heavy (non-hydrogen) atoms. The quantitative estimate of drug-likeness (QED) is 0.137. The average Bonchev–Trinajstić information content (AvgIpc) is 3.61. The number of rotatable bonds is 8. The minimum absolute atomic E-state index is 0.0244. The van der Waals surface area contributed by atoms with Gasteiger partial charge in [-0.05, 0) is 60.1 Å². The molecule has 0 bridgehead atoms. The molecule has 3 aromatic carbocycles. The van der Waals surface area contributed by atoms with Gasteiger partial charge >= 0.3 is 0 Å². The summed E-state index contributed by atoms with van der Waals surface area (Å²) < 4.78 is 1.99. The topological polar surface area (TPSA) is 105 Å². The molecule has 2 N–H and O–H groups in total. The number of aromatic nitrogens is 2. The lowest BCUT2D eigenvalue weighted by molar-refractivity contribution is -0.384. The summed E-state index contributed by atoms with van der Waals surface area (Å²) in [7, 11) is 0. The van der Waals surface area contributed by atoms with Crippen LogP contribution in [0.3, 0.4) is 0 Å². The van der Waals surface area contributed by atoms with Crippen LogP contribution in [0.15, 0.2) is 109 Å². The molecule has 2 atom stereocenters. The Morgan fingerprint density at radius 3 is 2.54 bits per heavy atom. The highest BCUT2D eigenvalue weighted by atomic mass is 32.1. The Kier molecular flexibility index (Phi) is 7.13. The molecule has 1 fully saturated rings. The highest BCUT2D eigenvalue weighted by Crippen LogP contribution is 2.39. The van der Waals surface area contributed by atoms with Crippen LogP contribution in [-0.2, 0) is 4.79 Å². The van der Waals surface area contributed by atoms with Crippen LogP contribution in [0.2, 0.25) is 0 Å². The standard InChI is InChI=1S/C31H26N6O3S/c38-28(33-25-11-5-8-21-7-1-2-9-24(21)25)17-20-36-30(29(34-31(36)41)26-10-3-4-18-32-26)27-12-6-19-35(27)22-13-15-23(16-14-22)37(39)40/h1-16,18-19,29-30H,17,20H2,(H,33,38)(H,34,41)/t29-,30+/m0/s1. The van der Waals surface area contributed by atoms with Crippen molar-refractivity contribution in [1.29, 1.82) is 0 Å². The molecule has 1 aliphatic heterocycles. The second-order valence-corrected chi connectivity index (χ2v) is 10.1. The van der Waals surface area contributed by atoms with Gasteiger partial charge in [-0.25, -0.2) is 0 Å². The van der Waals surface area contributed by atoms with E-state index in [1.165, 1.54) is 12.1 Å². The zero-order valence-electron chi connectivity index (χ0n) is 21.9. The second-order valence-electron chi connectivity index (χ2n) is 9.72. The average molecular weight is 563 g/mol. The number of nitro groups is 1. The number of non-ortho nitro benzene ring substituents is 1. The van der Waals surface area contributed by atoms with Crippen LogP contribution in [0.25, 0.3) is 16.5 Å². The van der Waals surface area contributed by atoms with Crippen molar-refractivity contribution in [2.45, 2.75) is 18.5 Å². The molecule has 0 saturated carbocycles. The van der Waals surface area contributed by atoms with Gasteiger partial charge < -0.3 is 20.1 Å². The summed E-state index contributed by atoms with van der Waals surface area (Å²) in [6, 6.07) is 29.3. The molecule has 10 heteroatoms.